The Morgan fingerprint density at radius 2 is 2.00 bits per heavy atom. The Labute approximate surface area is 89.7 Å². The maximum atomic E-state index is 11.8. The van der Waals surface area contributed by atoms with E-state index in [-0.39, 0.29) is 11.4 Å². The molecule has 1 aromatic rings. The molecule has 1 atom stereocenters. The number of hydrogen-bond donors (Lipinski definition) is 2. The zero-order valence-electron chi connectivity index (χ0n) is 8.86. The molecule has 2 rings (SSSR count). The minimum Gasteiger partial charge on any atom is -0.349 e. The number of hydrogen-bond acceptors (Lipinski definition) is 2. The molecule has 1 aliphatic carbocycles. The number of amides is 1. The van der Waals surface area contributed by atoms with Gasteiger partial charge in [0, 0.05) is 5.54 Å². The Balaban J connectivity index is 2.01. The van der Waals surface area contributed by atoms with Crippen LogP contribution in [-0.4, -0.2) is 11.4 Å². The zero-order valence-corrected chi connectivity index (χ0v) is 8.86. The summed E-state index contributed by atoms with van der Waals surface area (Å²) in [6, 6.07) is 8.89. The molecule has 1 amide bonds. The lowest BCUT2D eigenvalue weighted by molar-refractivity contribution is -0.123. The smallest absolute Gasteiger partial charge is 0.241 e. The highest BCUT2D eigenvalue weighted by Gasteiger charge is 2.39. The van der Waals surface area contributed by atoms with Gasteiger partial charge in [0.1, 0.15) is 6.04 Å². The summed E-state index contributed by atoms with van der Waals surface area (Å²) in [5.41, 5.74) is 6.73. The molecule has 1 saturated carbocycles. The zero-order chi connectivity index (χ0) is 10.9. The molecule has 3 heteroatoms. The van der Waals surface area contributed by atoms with Crippen LogP contribution in [0, 0.1) is 0 Å². The van der Waals surface area contributed by atoms with Gasteiger partial charge in [0.2, 0.25) is 5.91 Å². The van der Waals surface area contributed by atoms with Crippen molar-refractivity contribution in [3.63, 3.8) is 0 Å². The van der Waals surface area contributed by atoms with Crippen LogP contribution in [0.4, 0.5) is 0 Å². The van der Waals surface area contributed by atoms with Gasteiger partial charge >= 0.3 is 0 Å². The average Bonchev–Trinajstić information content (AvgIpc) is 2.96. The molecule has 0 aromatic heterocycles. The van der Waals surface area contributed by atoms with Crippen LogP contribution in [0.25, 0.3) is 0 Å². The normalized spacial score (nSPS) is 19.3. The van der Waals surface area contributed by atoms with E-state index in [1.165, 1.54) is 0 Å². The standard InChI is InChI=1S/C12H16N2O/c1-12(7-8-12)14-11(15)10(13)9-5-3-2-4-6-9/h2-6,10H,7-8,13H2,1H3,(H,14,15). The lowest BCUT2D eigenvalue weighted by Crippen LogP contribution is -2.40. The first-order valence-electron chi connectivity index (χ1n) is 5.23. The predicted octanol–water partition coefficient (Wildman–Crippen LogP) is 1.36. The van der Waals surface area contributed by atoms with E-state index in [1.54, 1.807) is 0 Å². The van der Waals surface area contributed by atoms with E-state index in [9.17, 15) is 4.79 Å². The molecule has 0 saturated heterocycles. The van der Waals surface area contributed by atoms with Crippen LogP contribution < -0.4 is 11.1 Å². The monoisotopic (exact) mass is 204 g/mol. The molecule has 15 heavy (non-hydrogen) atoms. The van der Waals surface area contributed by atoms with Crippen LogP contribution in [0.3, 0.4) is 0 Å². The van der Waals surface area contributed by atoms with Gasteiger partial charge in [-0.25, -0.2) is 0 Å². The molecule has 80 valence electrons. The van der Waals surface area contributed by atoms with E-state index in [0.29, 0.717) is 0 Å². The quantitative estimate of drug-likeness (QED) is 0.781. The van der Waals surface area contributed by atoms with Crippen molar-refractivity contribution in [3.8, 4) is 0 Å². The third-order valence-corrected chi connectivity index (χ3v) is 2.87. The van der Waals surface area contributed by atoms with Gasteiger partial charge in [-0.3, -0.25) is 4.79 Å². The fourth-order valence-electron chi connectivity index (χ4n) is 1.50. The molecule has 0 heterocycles. The first kappa shape index (κ1) is 10.2. The summed E-state index contributed by atoms with van der Waals surface area (Å²) in [6.45, 7) is 2.04. The van der Waals surface area contributed by atoms with Crippen LogP contribution in [-0.2, 0) is 4.79 Å². The first-order chi connectivity index (χ1) is 7.11. The molecule has 1 fully saturated rings. The Hall–Kier alpha value is -1.35. The van der Waals surface area contributed by atoms with Crippen molar-refractivity contribution < 1.29 is 4.79 Å². The lowest BCUT2D eigenvalue weighted by atomic mass is 10.1. The molecular weight excluding hydrogens is 188 g/mol. The predicted molar refractivity (Wildman–Crippen MR) is 59.2 cm³/mol. The molecule has 3 nitrogen and oxygen atoms in total. The molecule has 1 unspecified atom stereocenters. The van der Waals surface area contributed by atoms with Gasteiger partial charge in [0.05, 0.1) is 0 Å². The third-order valence-electron chi connectivity index (χ3n) is 2.87. The highest BCUT2D eigenvalue weighted by Crippen LogP contribution is 2.34. The third kappa shape index (κ3) is 2.36. The Morgan fingerprint density at radius 3 is 2.53 bits per heavy atom. The maximum absolute atomic E-state index is 11.8. The van der Waals surface area contributed by atoms with E-state index in [2.05, 4.69) is 5.32 Å². The second-order valence-corrected chi connectivity index (χ2v) is 4.44. The van der Waals surface area contributed by atoms with Gasteiger partial charge in [-0.1, -0.05) is 30.3 Å². The summed E-state index contributed by atoms with van der Waals surface area (Å²) in [5.74, 6) is -0.0822. The van der Waals surface area contributed by atoms with Gasteiger partial charge in [0.15, 0.2) is 0 Å². The fraction of sp³-hybridized carbons (Fsp3) is 0.417. The van der Waals surface area contributed by atoms with Crippen LogP contribution in [0.1, 0.15) is 31.4 Å². The SMILES string of the molecule is CC1(NC(=O)C(N)c2ccccc2)CC1. The lowest BCUT2D eigenvalue weighted by Gasteiger charge is -2.16. The van der Waals surface area contributed by atoms with Crippen molar-refractivity contribution in [1.29, 1.82) is 0 Å². The first-order valence-corrected chi connectivity index (χ1v) is 5.23. The van der Waals surface area contributed by atoms with Crippen molar-refractivity contribution in [3.05, 3.63) is 35.9 Å². The second kappa shape index (κ2) is 3.66. The average molecular weight is 204 g/mol. The van der Waals surface area contributed by atoms with Crippen LogP contribution >= 0.6 is 0 Å². The number of nitrogens with one attached hydrogen (secondary N) is 1. The summed E-state index contributed by atoms with van der Waals surface area (Å²) in [6.07, 6.45) is 2.11. The van der Waals surface area contributed by atoms with E-state index < -0.39 is 6.04 Å². The van der Waals surface area contributed by atoms with Gasteiger partial charge < -0.3 is 11.1 Å². The number of carbonyl (C=O) groups is 1. The van der Waals surface area contributed by atoms with Crippen molar-refractivity contribution in [2.75, 3.05) is 0 Å². The van der Waals surface area contributed by atoms with Gasteiger partial charge in [0.25, 0.3) is 0 Å². The van der Waals surface area contributed by atoms with E-state index >= 15 is 0 Å². The highest BCUT2D eigenvalue weighted by molar-refractivity contribution is 5.83. The summed E-state index contributed by atoms with van der Waals surface area (Å²) in [5, 5.41) is 2.96. The van der Waals surface area contributed by atoms with Crippen molar-refractivity contribution in [2.45, 2.75) is 31.3 Å². The summed E-state index contributed by atoms with van der Waals surface area (Å²) < 4.78 is 0. The van der Waals surface area contributed by atoms with Crippen LogP contribution in [0.15, 0.2) is 30.3 Å². The summed E-state index contributed by atoms with van der Waals surface area (Å²) in [7, 11) is 0. The number of rotatable bonds is 3. The van der Waals surface area contributed by atoms with Gasteiger partial charge in [-0.15, -0.1) is 0 Å². The minimum atomic E-state index is -0.552. The Kier molecular flexibility index (Phi) is 2.49. The summed E-state index contributed by atoms with van der Waals surface area (Å²) >= 11 is 0. The van der Waals surface area contributed by atoms with Crippen molar-refractivity contribution in [2.24, 2.45) is 5.73 Å². The molecule has 0 spiro atoms. The highest BCUT2D eigenvalue weighted by atomic mass is 16.2. The molecule has 0 aliphatic heterocycles. The molecule has 0 radical (unpaired) electrons. The van der Waals surface area contributed by atoms with Crippen LogP contribution in [0.2, 0.25) is 0 Å². The number of benzene rings is 1. The Morgan fingerprint density at radius 1 is 1.40 bits per heavy atom. The Bertz CT molecular complexity index is 357. The van der Waals surface area contributed by atoms with Crippen molar-refractivity contribution in [1.82, 2.24) is 5.32 Å². The minimum absolute atomic E-state index is 0.00346. The molecule has 0 bridgehead atoms. The molecule has 3 N–H and O–H groups in total. The molecule has 1 aromatic carbocycles. The van der Waals surface area contributed by atoms with Gasteiger partial charge in [-0.05, 0) is 25.3 Å². The summed E-state index contributed by atoms with van der Waals surface area (Å²) in [4.78, 5) is 11.8. The van der Waals surface area contributed by atoms with Crippen molar-refractivity contribution >= 4 is 5.91 Å². The fourth-order valence-corrected chi connectivity index (χ4v) is 1.50. The van der Waals surface area contributed by atoms with E-state index in [0.717, 1.165) is 18.4 Å². The number of nitrogens with two attached hydrogens (primary N) is 1. The maximum Gasteiger partial charge on any atom is 0.241 e. The van der Waals surface area contributed by atoms with E-state index in [1.807, 2.05) is 37.3 Å². The second-order valence-electron chi connectivity index (χ2n) is 4.44. The molecule has 1 aliphatic rings. The van der Waals surface area contributed by atoms with E-state index in [4.69, 9.17) is 5.73 Å². The topological polar surface area (TPSA) is 55.1 Å². The van der Waals surface area contributed by atoms with Gasteiger partial charge in [-0.2, -0.15) is 0 Å². The van der Waals surface area contributed by atoms with Crippen LogP contribution in [0.5, 0.6) is 0 Å². The number of carbonyl (C=O) groups excluding carboxylic acids is 1. The molecular formula is C12H16N2O. The largest absolute Gasteiger partial charge is 0.349 e.